The Morgan fingerprint density at radius 2 is 0.821 bits per heavy atom. The van der Waals surface area contributed by atoms with Gasteiger partial charge in [0.15, 0.2) is 0 Å². The monoisotopic (exact) mass is 512 g/mol. The summed E-state index contributed by atoms with van der Waals surface area (Å²) in [6, 6.07) is 23.2. The third kappa shape index (κ3) is 3.17. The fourth-order valence-corrected chi connectivity index (χ4v) is 7.18. The molecule has 4 aromatic carbocycles. The molecule has 4 aliphatic rings. The first-order valence-corrected chi connectivity index (χ1v) is 14.0. The van der Waals surface area contributed by atoms with Crippen LogP contribution in [0.5, 0.6) is 0 Å². The Labute approximate surface area is 230 Å². The fraction of sp³-hybridized carbons (Fsp3) is 0.273. The van der Waals surface area contributed by atoms with Crippen molar-refractivity contribution >= 4 is 25.2 Å². The van der Waals surface area contributed by atoms with Gasteiger partial charge in [-0.15, -0.1) is 0 Å². The van der Waals surface area contributed by atoms with E-state index in [2.05, 4.69) is 88.4 Å². The van der Waals surface area contributed by atoms with Crippen LogP contribution in [0, 0.1) is 27.7 Å². The van der Waals surface area contributed by atoms with Gasteiger partial charge in [0.2, 0.25) is 0 Å². The van der Waals surface area contributed by atoms with Gasteiger partial charge < -0.3 is 18.6 Å². The molecule has 192 valence electrons. The molecule has 0 saturated carbocycles. The van der Waals surface area contributed by atoms with Gasteiger partial charge in [-0.2, -0.15) is 0 Å². The maximum Gasteiger partial charge on any atom is 0.494 e. The van der Waals surface area contributed by atoms with Crippen LogP contribution in [0.25, 0.3) is 22.3 Å². The molecule has 0 bridgehead atoms. The second-order valence-corrected chi connectivity index (χ2v) is 11.5. The third-order valence-corrected chi connectivity index (χ3v) is 9.34. The minimum absolute atomic E-state index is 0.327. The van der Waals surface area contributed by atoms with E-state index in [9.17, 15) is 0 Å². The highest BCUT2D eigenvalue weighted by atomic mass is 16.6. The van der Waals surface area contributed by atoms with Gasteiger partial charge in [0.1, 0.15) is 0 Å². The lowest BCUT2D eigenvalue weighted by Gasteiger charge is -2.32. The van der Waals surface area contributed by atoms with Crippen molar-refractivity contribution in [1.82, 2.24) is 0 Å². The second-order valence-electron chi connectivity index (χ2n) is 11.5. The molecule has 2 saturated heterocycles. The molecule has 2 aliphatic heterocycles. The van der Waals surface area contributed by atoms with Crippen molar-refractivity contribution in [2.45, 2.75) is 33.1 Å². The lowest BCUT2D eigenvalue weighted by atomic mass is 9.66. The number of rotatable bonds is 2. The molecule has 2 heterocycles. The summed E-state index contributed by atoms with van der Waals surface area (Å²) < 4.78 is 23.9. The largest absolute Gasteiger partial charge is 0.494 e. The standard InChI is InChI=1S/C33H30B2O4/c1-19-13-27-28-14-20(2)22(4)16-30(28)33(29(27)15-21(19)3)31-17-23(34-36-9-10-37-34)5-7-25(31)26-8-6-24(18-32(26)33)35-38-11-12-39-35/h5-8,13-18H,9-12H2,1-4H3. The van der Waals surface area contributed by atoms with E-state index >= 15 is 0 Å². The molecular formula is C33H30B2O4. The van der Waals surface area contributed by atoms with Gasteiger partial charge in [0.05, 0.1) is 31.8 Å². The highest BCUT2D eigenvalue weighted by molar-refractivity contribution is 6.62. The molecule has 4 nitrogen and oxygen atoms in total. The number of aryl methyl sites for hydroxylation is 4. The minimum Gasteiger partial charge on any atom is -0.405 e. The van der Waals surface area contributed by atoms with Gasteiger partial charge in [0, 0.05) is 0 Å². The third-order valence-electron chi connectivity index (χ3n) is 9.34. The Morgan fingerprint density at radius 3 is 1.23 bits per heavy atom. The zero-order valence-electron chi connectivity index (χ0n) is 22.9. The summed E-state index contributed by atoms with van der Waals surface area (Å²) in [6.45, 7) is 11.4. The van der Waals surface area contributed by atoms with Gasteiger partial charge >= 0.3 is 14.2 Å². The molecule has 6 heteroatoms. The van der Waals surface area contributed by atoms with Crippen molar-refractivity contribution < 1.29 is 18.6 Å². The summed E-state index contributed by atoms with van der Waals surface area (Å²) in [7, 11) is -0.654. The average molecular weight is 512 g/mol. The normalized spacial score (nSPS) is 18.1. The quantitative estimate of drug-likeness (QED) is 0.314. The van der Waals surface area contributed by atoms with Crippen molar-refractivity contribution in [2.24, 2.45) is 0 Å². The number of hydrogen-bond acceptors (Lipinski definition) is 4. The molecule has 0 amide bonds. The first kappa shape index (κ1) is 23.7. The molecular weight excluding hydrogens is 482 g/mol. The van der Waals surface area contributed by atoms with E-state index in [-0.39, 0.29) is 14.2 Å². The fourth-order valence-electron chi connectivity index (χ4n) is 7.18. The van der Waals surface area contributed by atoms with Crippen LogP contribution in [0.2, 0.25) is 0 Å². The summed E-state index contributed by atoms with van der Waals surface area (Å²) in [5.74, 6) is 0. The van der Waals surface area contributed by atoms with Crippen LogP contribution < -0.4 is 10.9 Å². The van der Waals surface area contributed by atoms with Crippen LogP contribution in [-0.2, 0) is 24.0 Å². The molecule has 39 heavy (non-hydrogen) atoms. The van der Waals surface area contributed by atoms with E-state index < -0.39 is 5.41 Å². The molecule has 0 unspecified atom stereocenters. The van der Waals surface area contributed by atoms with Gasteiger partial charge in [0.25, 0.3) is 0 Å². The van der Waals surface area contributed by atoms with Gasteiger partial charge in [-0.1, -0.05) is 60.7 Å². The summed E-state index contributed by atoms with van der Waals surface area (Å²) in [5.41, 5.74) is 17.4. The summed E-state index contributed by atoms with van der Waals surface area (Å²) in [6.07, 6.45) is 0. The SMILES string of the molecule is Cc1cc2c(cc1C)C1(c3cc(B4OCCO4)ccc3-c3ccc(B4OCCO4)cc31)c1cc(C)c(C)cc1-2. The Hall–Kier alpha value is -3.15. The molecule has 2 fully saturated rings. The smallest absolute Gasteiger partial charge is 0.405 e. The summed E-state index contributed by atoms with van der Waals surface area (Å²) in [4.78, 5) is 0. The molecule has 2 aliphatic carbocycles. The number of fused-ring (bicyclic) bond motifs is 10. The number of hydrogen-bond donors (Lipinski definition) is 0. The summed E-state index contributed by atoms with van der Waals surface area (Å²) in [5, 5.41) is 0. The maximum absolute atomic E-state index is 5.97. The van der Waals surface area contributed by atoms with E-state index in [4.69, 9.17) is 18.6 Å². The van der Waals surface area contributed by atoms with Crippen molar-refractivity contribution in [3.63, 3.8) is 0 Å². The zero-order valence-corrected chi connectivity index (χ0v) is 22.9. The minimum atomic E-state index is -0.449. The van der Waals surface area contributed by atoms with Crippen molar-refractivity contribution in [3.05, 3.63) is 105 Å². The van der Waals surface area contributed by atoms with E-state index in [1.807, 2.05) is 0 Å². The zero-order chi connectivity index (χ0) is 26.5. The second kappa shape index (κ2) is 8.42. The highest BCUT2D eigenvalue weighted by Gasteiger charge is 2.53. The maximum atomic E-state index is 5.97. The molecule has 4 aromatic rings. The van der Waals surface area contributed by atoms with Crippen molar-refractivity contribution in [1.29, 1.82) is 0 Å². The molecule has 8 rings (SSSR count). The van der Waals surface area contributed by atoms with Gasteiger partial charge in [-0.05, 0) is 105 Å². The summed E-state index contributed by atoms with van der Waals surface area (Å²) >= 11 is 0. The molecule has 0 aromatic heterocycles. The Bertz CT molecular complexity index is 1560. The molecule has 1 spiro atoms. The molecule has 0 N–H and O–H groups in total. The van der Waals surface area contributed by atoms with Gasteiger partial charge in [-0.3, -0.25) is 0 Å². The Kier molecular flexibility index (Phi) is 5.12. The highest BCUT2D eigenvalue weighted by Crippen LogP contribution is 2.63. The van der Waals surface area contributed by atoms with Crippen molar-refractivity contribution in [2.75, 3.05) is 26.4 Å². The number of benzene rings is 4. The van der Waals surface area contributed by atoms with Crippen molar-refractivity contribution in [3.8, 4) is 22.3 Å². The predicted molar refractivity (Wildman–Crippen MR) is 156 cm³/mol. The van der Waals surface area contributed by atoms with Crippen LogP contribution in [0.15, 0.2) is 60.7 Å². The van der Waals surface area contributed by atoms with Gasteiger partial charge in [-0.25, -0.2) is 0 Å². The average Bonchev–Trinajstić information content (AvgIpc) is 3.74. The lowest BCUT2D eigenvalue weighted by molar-refractivity contribution is 0.365. The van der Waals surface area contributed by atoms with Crippen LogP contribution in [-0.4, -0.2) is 40.7 Å². The van der Waals surface area contributed by atoms with E-state index in [0.717, 1.165) is 10.9 Å². The Morgan fingerprint density at radius 1 is 0.462 bits per heavy atom. The lowest BCUT2D eigenvalue weighted by Crippen LogP contribution is -2.35. The van der Waals surface area contributed by atoms with Crippen LogP contribution in [0.3, 0.4) is 0 Å². The topological polar surface area (TPSA) is 36.9 Å². The first-order chi connectivity index (χ1) is 19.0. The first-order valence-electron chi connectivity index (χ1n) is 14.0. The van der Waals surface area contributed by atoms with E-state index in [0.29, 0.717) is 26.4 Å². The molecule has 0 radical (unpaired) electrons. The van der Waals surface area contributed by atoms with Crippen LogP contribution >= 0.6 is 0 Å². The Balaban J connectivity index is 1.50. The van der Waals surface area contributed by atoms with Crippen LogP contribution in [0.4, 0.5) is 0 Å². The predicted octanol–water partition coefficient (Wildman–Crippen LogP) is 4.75. The molecule has 0 atom stereocenters. The van der Waals surface area contributed by atoms with Crippen LogP contribution in [0.1, 0.15) is 44.5 Å². The van der Waals surface area contributed by atoms with E-state index in [1.54, 1.807) is 0 Å². The van der Waals surface area contributed by atoms with E-state index in [1.165, 1.54) is 66.8 Å².